The van der Waals surface area contributed by atoms with Gasteiger partial charge in [0.25, 0.3) is 5.56 Å². The van der Waals surface area contributed by atoms with Crippen LogP contribution in [0.1, 0.15) is 23.4 Å². The molecule has 33 heavy (non-hydrogen) atoms. The van der Waals surface area contributed by atoms with Crippen molar-refractivity contribution in [3.63, 3.8) is 0 Å². The Balaban J connectivity index is 1.71. The highest BCUT2D eigenvalue weighted by molar-refractivity contribution is 6.76. The van der Waals surface area contributed by atoms with E-state index in [0.717, 1.165) is 10.6 Å². The van der Waals surface area contributed by atoms with Crippen molar-refractivity contribution in [3.05, 3.63) is 78.6 Å². The van der Waals surface area contributed by atoms with Crippen molar-refractivity contribution in [2.24, 2.45) is 0 Å². The van der Waals surface area contributed by atoms with Gasteiger partial charge >= 0.3 is 5.69 Å². The van der Waals surface area contributed by atoms with Gasteiger partial charge in [0.15, 0.2) is 5.82 Å². The number of aliphatic hydroxyl groups is 1. The maximum absolute atomic E-state index is 12.8. The Labute approximate surface area is 201 Å². The van der Waals surface area contributed by atoms with E-state index >= 15 is 0 Å². The lowest BCUT2D eigenvalue weighted by Crippen LogP contribution is -2.40. The molecule has 178 valence electrons. The molecule has 2 aromatic heterocycles. The van der Waals surface area contributed by atoms with Gasteiger partial charge in [-0.3, -0.25) is 9.36 Å². The van der Waals surface area contributed by atoms with E-state index < -0.39 is 25.4 Å². The molecule has 1 atom stereocenters. The van der Waals surface area contributed by atoms with Crippen LogP contribution in [0.15, 0.2) is 44.6 Å². The molecule has 0 spiro atoms. The van der Waals surface area contributed by atoms with Gasteiger partial charge in [-0.15, -0.1) is 0 Å². The quantitative estimate of drug-likeness (QED) is 0.327. The molecule has 0 bridgehead atoms. The SMILES string of the molecule is C[Si](C)(C)CCOCn1cc(Cl)c(=O)n(Cc2nc(CC(O)c3ccc(Cl)cc3)no2)c1=O. The van der Waals surface area contributed by atoms with Crippen LogP contribution in [0.3, 0.4) is 0 Å². The monoisotopic (exact) mass is 512 g/mol. The smallest absolute Gasteiger partial charge is 0.333 e. The lowest BCUT2D eigenvalue weighted by molar-refractivity contribution is 0.0825. The summed E-state index contributed by atoms with van der Waals surface area (Å²) in [4.78, 5) is 29.4. The van der Waals surface area contributed by atoms with Crippen molar-refractivity contribution in [2.45, 2.75) is 51.5 Å². The van der Waals surface area contributed by atoms with E-state index in [1.54, 1.807) is 24.3 Å². The average molecular weight is 513 g/mol. The highest BCUT2D eigenvalue weighted by Crippen LogP contribution is 2.19. The van der Waals surface area contributed by atoms with E-state index in [2.05, 4.69) is 29.8 Å². The zero-order chi connectivity index (χ0) is 24.2. The first-order valence-corrected chi connectivity index (χ1v) is 14.8. The van der Waals surface area contributed by atoms with Crippen molar-refractivity contribution < 1.29 is 14.4 Å². The third-order valence-electron chi connectivity index (χ3n) is 4.86. The Morgan fingerprint density at radius 2 is 1.88 bits per heavy atom. The Bertz CT molecular complexity index is 1200. The van der Waals surface area contributed by atoms with Crippen LogP contribution in [-0.2, 0) is 24.4 Å². The first-order valence-electron chi connectivity index (χ1n) is 10.4. The fourth-order valence-electron chi connectivity index (χ4n) is 2.94. The summed E-state index contributed by atoms with van der Waals surface area (Å²) in [6, 6.07) is 7.70. The maximum atomic E-state index is 12.8. The highest BCUT2D eigenvalue weighted by atomic mass is 35.5. The predicted octanol–water partition coefficient (Wildman–Crippen LogP) is 3.34. The topological polar surface area (TPSA) is 112 Å². The molecule has 3 rings (SSSR count). The molecule has 3 aromatic rings. The summed E-state index contributed by atoms with van der Waals surface area (Å²) in [5.41, 5.74) is -0.617. The number of hydrogen-bond donors (Lipinski definition) is 1. The predicted molar refractivity (Wildman–Crippen MR) is 128 cm³/mol. The van der Waals surface area contributed by atoms with Crippen LogP contribution in [0.5, 0.6) is 0 Å². The maximum Gasteiger partial charge on any atom is 0.333 e. The van der Waals surface area contributed by atoms with Gasteiger partial charge in [-0.1, -0.05) is 60.1 Å². The molecule has 1 aromatic carbocycles. The van der Waals surface area contributed by atoms with Gasteiger partial charge in [-0.2, -0.15) is 4.98 Å². The second-order valence-electron chi connectivity index (χ2n) is 8.84. The highest BCUT2D eigenvalue weighted by Gasteiger charge is 2.17. The molecule has 1 N–H and O–H groups in total. The van der Waals surface area contributed by atoms with Crippen LogP contribution in [0.4, 0.5) is 0 Å². The molecular formula is C21H26Cl2N4O5Si. The number of ether oxygens (including phenoxy) is 1. The van der Waals surface area contributed by atoms with Gasteiger partial charge in [0.1, 0.15) is 18.3 Å². The van der Waals surface area contributed by atoms with Gasteiger partial charge in [-0.05, 0) is 23.7 Å². The molecule has 0 radical (unpaired) electrons. The van der Waals surface area contributed by atoms with E-state index in [-0.39, 0.29) is 36.4 Å². The largest absolute Gasteiger partial charge is 0.388 e. The number of aliphatic hydroxyl groups excluding tert-OH is 1. The average Bonchev–Trinajstić information content (AvgIpc) is 3.18. The van der Waals surface area contributed by atoms with Gasteiger partial charge < -0.3 is 14.4 Å². The zero-order valence-electron chi connectivity index (χ0n) is 18.6. The van der Waals surface area contributed by atoms with Gasteiger partial charge in [-0.25, -0.2) is 9.36 Å². The molecular weight excluding hydrogens is 487 g/mol. The summed E-state index contributed by atoms with van der Waals surface area (Å²) < 4.78 is 12.9. The molecule has 0 aliphatic carbocycles. The third kappa shape index (κ3) is 7.12. The minimum atomic E-state index is -1.27. The van der Waals surface area contributed by atoms with E-state index in [1.165, 1.54) is 10.8 Å². The van der Waals surface area contributed by atoms with E-state index in [0.29, 0.717) is 17.2 Å². The first-order chi connectivity index (χ1) is 15.5. The molecule has 0 saturated heterocycles. The number of halogens is 2. The summed E-state index contributed by atoms with van der Waals surface area (Å²) >= 11 is 11.9. The normalized spacial score (nSPS) is 12.8. The van der Waals surface area contributed by atoms with E-state index in [9.17, 15) is 14.7 Å². The Morgan fingerprint density at radius 3 is 2.55 bits per heavy atom. The van der Waals surface area contributed by atoms with Crippen molar-refractivity contribution in [3.8, 4) is 0 Å². The van der Waals surface area contributed by atoms with Crippen LogP contribution in [0.25, 0.3) is 0 Å². The van der Waals surface area contributed by atoms with Crippen molar-refractivity contribution >= 4 is 31.3 Å². The van der Waals surface area contributed by atoms with Crippen LogP contribution < -0.4 is 11.2 Å². The first kappa shape index (κ1) is 25.4. The lowest BCUT2D eigenvalue weighted by atomic mass is 10.1. The molecule has 2 heterocycles. The molecule has 9 nitrogen and oxygen atoms in total. The standard InChI is InChI=1S/C21H26Cl2N4O5Si/c1-33(2,3)9-8-31-13-26-11-16(23)20(29)27(21(26)30)12-19-24-18(25-32-19)10-17(28)14-4-6-15(22)7-5-14/h4-7,11,17,28H,8-10,12-13H2,1-3H3. The Kier molecular flexibility index (Phi) is 8.30. The van der Waals surface area contributed by atoms with Crippen molar-refractivity contribution in [1.29, 1.82) is 0 Å². The number of aromatic nitrogens is 4. The molecule has 0 aliphatic rings. The number of benzene rings is 1. The molecule has 0 amide bonds. The summed E-state index contributed by atoms with van der Waals surface area (Å²) in [6.45, 7) is 6.93. The minimum Gasteiger partial charge on any atom is -0.388 e. The molecule has 0 fully saturated rings. The van der Waals surface area contributed by atoms with Crippen molar-refractivity contribution in [2.75, 3.05) is 6.61 Å². The summed E-state index contributed by atoms with van der Waals surface area (Å²) in [7, 11) is -1.27. The summed E-state index contributed by atoms with van der Waals surface area (Å²) in [5.74, 6) is 0.276. The minimum absolute atomic E-state index is 0.0221. The summed E-state index contributed by atoms with van der Waals surface area (Å²) in [6.07, 6.45) is 0.483. The lowest BCUT2D eigenvalue weighted by Gasteiger charge is -2.16. The number of hydrogen-bond acceptors (Lipinski definition) is 7. The van der Waals surface area contributed by atoms with Crippen LogP contribution in [-0.4, -0.2) is 39.1 Å². The molecule has 0 aliphatic heterocycles. The van der Waals surface area contributed by atoms with E-state index in [4.69, 9.17) is 32.5 Å². The summed E-state index contributed by atoms with van der Waals surface area (Å²) in [5, 5.41) is 14.6. The van der Waals surface area contributed by atoms with Crippen LogP contribution in [0, 0.1) is 0 Å². The fourth-order valence-corrected chi connectivity index (χ4v) is 4.04. The molecule has 0 saturated carbocycles. The number of nitrogens with zero attached hydrogens (tertiary/aromatic N) is 4. The third-order valence-corrected chi connectivity index (χ3v) is 7.07. The number of rotatable bonds is 10. The van der Waals surface area contributed by atoms with Gasteiger partial charge in [0.2, 0.25) is 5.89 Å². The Morgan fingerprint density at radius 1 is 1.18 bits per heavy atom. The Hall–Kier alpha value is -2.24. The molecule has 12 heteroatoms. The molecule has 1 unspecified atom stereocenters. The van der Waals surface area contributed by atoms with Crippen LogP contribution >= 0.6 is 23.2 Å². The second kappa shape index (κ2) is 10.8. The van der Waals surface area contributed by atoms with Crippen LogP contribution in [0.2, 0.25) is 35.7 Å². The van der Waals surface area contributed by atoms with E-state index in [1.807, 2.05) is 0 Å². The van der Waals surface area contributed by atoms with Gasteiger partial charge in [0, 0.05) is 32.3 Å². The zero-order valence-corrected chi connectivity index (χ0v) is 21.1. The van der Waals surface area contributed by atoms with Crippen molar-refractivity contribution in [1.82, 2.24) is 19.3 Å². The second-order valence-corrected chi connectivity index (χ2v) is 15.3. The van der Waals surface area contributed by atoms with Gasteiger partial charge in [0.05, 0.1) is 6.10 Å². The fraction of sp³-hybridized carbons (Fsp3) is 0.429.